The van der Waals surface area contributed by atoms with Gasteiger partial charge in [-0.3, -0.25) is 4.90 Å². The monoisotopic (exact) mass is 238 g/mol. The van der Waals surface area contributed by atoms with E-state index in [1.165, 1.54) is 18.2 Å². The summed E-state index contributed by atoms with van der Waals surface area (Å²) in [6.07, 6.45) is 0.956. The van der Waals surface area contributed by atoms with Gasteiger partial charge in [-0.15, -0.1) is 0 Å². The predicted octanol–water partition coefficient (Wildman–Crippen LogP) is 1.70. The summed E-state index contributed by atoms with van der Waals surface area (Å²) in [4.78, 5) is 2.21. The van der Waals surface area contributed by atoms with Crippen molar-refractivity contribution in [3.8, 4) is 5.75 Å². The maximum atomic E-state index is 13.1. The van der Waals surface area contributed by atoms with Crippen LogP contribution in [0.25, 0.3) is 0 Å². The zero-order valence-corrected chi connectivity index (χ0v) is 10.1. The lowest BCUT2D eigenvalue weighted by Gasteiger charge is -2.35. The highest BCUT2D eigenvalue weighted by molar-refractivity contribution is 5.32. The molecule has 0 aromatic heterocycles. The van der Waals surface area contributed by atoms with Crippen molar-refractivity contribution in [2.24, 2.45) is 11.7 Å². The predicted molar refractivity (Wildman–Crippen MR) is 65.1 cm³/mol. The number of halogens is 1. The van der Waals surface area contributed by atoms with Crippen molar-refractivity contribution in [2.75, 3.05) is 13.1 Å². The first-order valence-electron chi connectivity index (χ1n) is 6.01. The fourth-order valence-corrected chi connectivity index (χ4v) is 2.32. The lowest BCUT2D eigenvalue weighted by molar-refractivity contribution is 0.156. The van der Waals surface area contributed by atoms with Crippen LogP contribution in [0.3, 0.4) is 0 Å². The molecule has 3 N–H and O–H groups in total. The van der Waals surface area contributed by atoms with Gasteiger partial charge in [-0.2, -0.15) is 0 Å². The van der Waals surface area contributed by atoms with Gasteiger partial charge in [0.05, 0.1) is 0 Å². The van der Waals surface area contributed by atoms with Crippen LogP contribution in [0.4, 0.5) is 4.39 Å². The molecule has 3 nitrogen and oxygen atoms in total. The first-order valence-corrected chi connectivity index (χ1v) is 6.01. The van der Waals surface area contributed by atoms with Gasteiger partial charge in [-0.05, 0) is 37.1 Å². The van der Waals surface area contributed by atoms with E-state index >= 15 is 0 Å². The molecule has 1 saturated heterocycles. The number of hydrogen-bond donors (Lipinski definition) is 2. The average molecular weight is 238 g/mol. The Hall–Kier alpha value is -1.13. The molecule has 0 aliphatic carbocycles. The number of piperidine rings is 1. The smallest absolute Gasteiger partial charge is 0.123 e. The highest BCUT2D eigenvalue weighted by Gasteiger charge is 2.23. The molecule has 1 heterocycles. The van der Waals surface area contributed by atoms with Crippen LogP contribution < -0.4 is 5.73 Å². The Morgan fingerprint density at radius 1 is 1.53 bits per heavy atom. The van der Waals surface area contributed by atoms with Gasteiger partial charge >= 0.3 is 0 Å². The molecule has 17 heavy (non-hydrogen) atoms. The fourth-order valence-electron chi connectivity index (χ4n) is 2.32. The number of phenolic OH excluding ortho intramolecular Hbond substituents is 1. The van der Waals surface area contributed by atoms with Crippen LogP contribution in [0.2, 0.25) is 0 Å². The van der Waals surface area contributed by atoms with E-state index in [4.69, 9.17) is 5.73 Å². The van der Waals surface area contributed by atoms with Crippen molar-refractivity contribution in [2.45, 2.75) is 25.9 Å². The van der Waals surface area contributed by atoms with Gasteiger partial charge in [-0.1, -0.05) is 6.92 Å². The molecule has 1 aliphatic rings. The molecule has 0 amide bonds. The van der Waals surface area contributed by atoms with E-state index in [-0.39, 0.29) is 17.6 Å². The van der Waals surface area contributed by atoms with Gasteiger partial charge in [0, 0.05) is 24.7 Å². The molecule has 1 fully saturated rings. The summed E-state index contributed by atoms with van der Waals surface area (Å²) in [5.74, 6) is 0.299. The molecular weight excluding hydrogens is 219 g/mol. The Balaban J connectivity index is 2.03. The second-order valence-electron chi connectivity index (χ2n) is 4.94. The molecule has 2 unspecified atom stereocenters. The van der Waals surface area contributed by atoms with Gasteiger partial charge in [-0.25, -0.2) is 4.39 Å². The molecule has 0 radical (unpaired) electrons. The Labute approximate surface area is 101 Å². The largest absolute Gasteiger partial charge is 0.508 e. The van der Waals surface area contributed by atoms with Crippen molar-refractivity contribution in [1.29, 1.82) is 0 Å². The van der Waals surface area contributed by atoms with Gasteiger partial charge in [0.15, 0.2) is 0 Å². The summed E-state index contributed by atoms with van der Waals surface area (Å²) in [5.41, 5.74) is 6.60. The van der Waals surface area contributed by atoms with E-state index in [0.29, 0.717) is 18.0 Å². The van der Waals surface area contributed by atoms with Gasteiger partial charge in [0.2, 0.25) is 0 Å². The van der Waals surface area contributed by atoms with Crippen molar-refractivity contribution >= 4 is 0 Å². The minimum absolute atomic E-state index is 0.161. The van der Waals surface area contributed by atoms with Crippen molar-refractivity contribution in [3.63, 3.8) is 0 Å². The molecule has 2 rings (SSSR count). The molecule has 1 aliphatic heterocycles. The number of hydrogen-bond acceptors (Lipinski definition) is 3. The number of benzene rings is 1. The number of aromatic hydroxyl groups is 1. The molecule has 1 aromatic rings. The summed E-state index contributed by atoms with van der Waals surface area (Å²) < 4.78 is 13.1. The lowest BCUT2D eigenvalue weighted by Crippen LogP contribution is -2.45. The first-order chi connectivity index (χ1) is 8.06. The minimum atomic E-state index is -0.306. The van der Waals surface area contributed by atoms with E-state index in [1.807, 2.05) is 0 Å². The Bertz CT molecular complexity index is 397. The molecule has 2 atom stereocenters. The average Bonchev–Trinajstić information content (AvgIpc) is 2.29. The van der Waals surface area contributed by atoms with Crippen LogP contribution >= 0.6 is 0 Å². The quantitative estimate of drug-likeness (QED) is 0.824. The highest BCUT2D eigenvalue weighted by atomic mass is 19.1. The zero-order valence-electron chi connectivity index (χ0n) is 10.1. The van der Waals surface area contributed by atoms with E-state index in [1.54, 1.807) is 0 Å². The second kappa shape index (κ2) is 5.02. The third kappa shape index (κ3) is 2.96. The zero-order chi connectivity index (χ0) is 12.4. The van der Waals surface area contributed by atoms with Gasteiger partial charge in [0.25, 0.3) is 0 Å². The van der Waals surface area contributed by atoms with Crippen molar-refractivity contribution in [3.05, 3.63) is 29.6 Å². The van der Waals surface area contributed by atoms with E-state index in [0.717, 1.165) is 19.5 Å². The molecule has 0 saturated carbocycles. The third-order valence-corrected chi connectivity index (χ3v) is 3.49. The van der Waals surface area contributed by atoms with Crippen LogP contribution in [0.5, 0.6) is 5.75 Å². The maximum Gasteiger partial charge on any atom is 0.123 e. The fraction of sp³-hybridized carbons (Fsp3) is 0.538. The van der Waals surface area contributed by atoms with Crippen molar-refractivity contribution < 1.29 is 9.50 Å². The molecule has 94 valence electrons. The van der Waals surface area contributed by atoms with E-state index in [2.05, 4.69) is 11.8 Å². The number of nitrogens with two attached hydrogens (primary N) is 1. The standard InChI is InChI=1S/C13H19FN2O/c1-9-7-16(5-4-12(9)15)8-10-6-11(14)2-3-13(10)17/h2-3,6,9,12,17H,4-5,7-8,15H2,1H3. The SMILES string of the molecule is CC1CN(Cc2cc(F)ccc2O)CCC1N. The molecule has 0 spiro atoms. The van der Waals surface area contributed by atoms with Crippen LogP contribution in [-0.2, 0) is 6.54 Å². The second-order valence-corrected chi connectivity index (χ2v) is 4.94. The summed E-state index contributed by atoms with van der Waals surface area (Å²) in [6.45, 7) is 4.52. The number of likely N-dealkylation sites (tertiary alicyclic amines) is 1. The summed E-state index contributed by atoms with van der Waals surface area (Å²) in [5, 5.41) is 9.67. The van der Waals surface area contributed by atoms with E-state index in [9.17, 15) is 9.50 Å². The van der Waals surface area contributed by atoms with Gasteiger partial charge in [0.1, 0.15) is 11.6 Å². The number of phenols is 1. The molecule has 0 bridgehead atoms. The summed E-state index contributed by atoms with van der Waals surface area (Å²) in [7, 11) is 0. The Morgan fingerprint density at radius 2 is 2.29 bits per heavy atom. The molecular formula is C13H19FN2O. The Morgan fingerprint density at radius 3 is 3.00 bits per heavy atom. The van der Waals surface area contributed by atoms with Crippen LogP contribution in [-0.4, -0.2) is 29.1 Å². The van der Waals surface area contributed by atoms with Crippen LogP contribution in [0, 0.1) is 11.7 Å². The van der Waals surface area contributed by atoms with Gasteiger partial charge < -0.3 is 10.8 Å². The first kappa shape index (κ1) is 12.3. The number of rotatable bonds is 2. The van der Waals surface area contributed by atoms with Crippen molar-refractivity contribution in [1.82, 2.24) is 4.90 Å². The van der Waals surface area contributed by atoms with Crippen LogP contribution in [0.1, 0.15) is 18.9 Å². The normalized spacial score (nSPS) is 26.1. The third-order valence-electron chi connectivity index (χ3n) is 3.49. The van der Waals surface area contributed by atoms with E-state index < -0.39 is 0 Å². The Kier molecular flexibility index (Phi) is 3.64. The molecule has 1 aromatic carbocycles. The highest BCUT2D eigenvalue weighted by Crippen LogP contribution is 2.23. The van der Waals surface area contributed by atoms with Crippen LogP contribution in [0.15, 0.2) is 18.2 Å². The lowest BCUT2D eigenvalue weighted by atomic mass is 9.94. The molecule has 4 heteroatoms. The number of nitrogens with zero attached hydrogens (tertiary/aromatic N) is 1. The summed E-state index contributed by atoms with van der Waals surface area (Å²) >= 11 is 0. The topological polar surface area (TPSA) is 49.5 Å². The summed E-state index contributed by atoms with van der Waals surface area (Å²) in [6, 6.07) is 4.33. The maximum absolute atomic E-state index is 13.1. The minimum Gasteiger partial charge on any atom is -0.508 e.